The van der Waals surface area contributed by atoms with E-state index in [0.29, 0.717) is 0 Å². The van der Waals surface area contributed by atoms with Crippen molar-refractivity contribution < 1.29 is 17.9 Å². The van der Waals surface area contributed by atoms with Gasteiger partial charge in [-0.15, -0.1) is 0 Å². The molecule has 2 aliphatic heterocycles. The van der Waals surface area contributed by atoms with Crippen molar-refractivity contribution in [3.8, 4) is 23.6 Å². The minimum Gasteiger partial charge on any atom is -0.497 e. The van der Waals surface area contributed by atoms with Crippen LogP contribution in [0.1, 0.15) is 88.3 Å². The number of methoxy groups -OCH3 is 2. The molecule has 4 aromatic carbocycles. The molecule has 4 aliphatic rings. The Balaban J connectivity index is 0.000000189. The highest BCUT2D eigenvalue weighted by atomic mass is 32.2. The average molecular weight is 889 g/mol. The number of hydrogen-bond donors (Lipinski definition) is 0. The predicted octanol–water partition coefficient (Wildman–Crippen LogP) is 8.93. The Labute approximate surface area is 380 Å². The van der Waals surface area contributed by atoms with Crippen LogP contribution in [0.15, 0.2) is 117 Å². The quantitative estimate of drug-likeness (QED) is 0.137. The smallest absolute Gasteiger partial charge is 0.132 e. The minimum atomic E-state index is -1.27. The number of ether oxygens (including phenoxy) is 2. The van der Waals surface area contributed by atoms with Crippen molar-refractivity contribution in [2.75, 3.05) is 66.6 Å². The standard InChI is InChI=1S/C26H33N3O2S.C25H31N3O2S/c1-26(20-27,29-18-16-28(17-19-29)22-6-4-3-5-7-22)21-8-12-24(13-9-21)32(30)25-14-10-23(31-2)11-15-25;1-30-22-9-13-24(14-10-22)31(29)23-11-7-20(8-12-23)25(19-26)28-17-15-27(16-18-28)21-5-3-2-4-6-21/h8-15,22H,3-7,16-19H2,1-2H3;7-14,21,25H,2-6,15-18H2,1H3. The first-order valence-corrected chi connectivity index (χ1v) is 25.1. The van der Waals surface area contributed by atoms with Gasteiger partial charge in [-0.2, -0.15) is 10.5 Å². The first-order chi connectivity index (χ1) is 30.7. The van der Waals surface area contributed by atoms with Crippen LogP contribution in [0, 0.1) is 22.7 Å². The second kappa shape index (κ2) is 22.5. The van der Waals surface area contributed by atoms with E-state index >= 15 is 0 Å². The molecule has 334 valence electrons. The van der Waals surface area contributed by atoms with E-state index in [0.717, 1.165) is 107 Å². The maximum Gasteiger partial charge on any atom is 0.132 e. The Morgan fingerprint density at radius 3 is 1.32 bits per heavy atom. The predicted molar refractivity (Wildman–Crippen MR) is 250 cm³/mol. The molecular formula is C51H64N6O4S2. The third-order valence-corrected chi connectivity index (χ3v) is 16.6. The lowest BCUT2D eigenvalue weighted by atomic mass is 9.90. The van der Waals surface area contributed by atoms with Gasteiger partial charge >= 0.3 is 0 Å². The molecule has 0 radical (unpaired) electrons. The van der Waals surface area contributed by atoms with Crippen LogP contribution < -0.4 is 9.47 Å². The number of nitrogens with zero attached hydrogens (tertiary/aromatic N) is 6. The minimum absolute atomic E-state index is 0.253. The van der Waals surface area contributed by atoms with Gasteiger partial charge in [-0.3, -0.25) is 19.6 Å². The maximum absolute atomic E-state index is 13.0. The van der Waals surface area contributed by atoms with Crippen molar-refractivity contribution in [3.05, 3.63) is 108 Å². The molecule has 10 nitrogen and oxygen atoms in total. The van der Waals surface area contributed by atoms with E-state index in [9.17, 15) is 18.9 Å². The van der Waals surface area contributed by atoms with Gasteiger partial charge in [-0.25, -0.2) is 8.42 Å². The molecule has 4 unspecified atom stereocenters. The van der Waals surface area contributed by atoms with Gasteiger partial charge in [0.05, 0.1) is 48.0 Å². The van der Waals surface area contributed by atoms with Crippen LogP contribution in [0.5, 0.6) is 11.5 Å². The van der Waals surface area contributed by atoms with Crippen LogP contribution in [0.4, 0.5) is 0 Å². The van der Waals surface area contributed by atoms with Gasteiger partial charge in [0.15, 0.2) is 0 Å². The molecule has 2 heterocycles. The summed E-state index contributed by atoms with van der Waals surface area (Å²) in [5, 5.41) is 20.0. The van der Waals surface area contributed by atoms with Gasteiger partial charge < -0.3 is 9.47 Å². The highest BCUT2D eigenvalue weighted by Crippen LogP contribution is 2.33. The summed E-state index contributed by atoms with van der Waals surface area (Å²) in [6.07, 6.45) is 13.5. The Kier molecular flexibility index (Phi) is 16.6. The van der Waals surface area contributed by atoms with Crippen LogP contribution in [0.2, 0.25) is 0 Å². The van der Waals surface area contributed by atoms with Crippen LogP contribution in [0.25, 0.3) is 0 Å². The third-order valence-electron chi connectivity index (χ3n) is 13.8. The molecular weight excluding hydrogens is 825 g/mol. The van der Waals surface area contributed by atoms with Gasteiger partial charge in [-0.1, -0.05) is 62.8 Å². The Bertz CT molecular complexity index is 2180. The summed E-state index contributed by atoms with van der Waals surface area (Å²) in [5.41, 5.74) is 1.25. The first kappa shape index (κ1) is 46.6. The van der Waals surface area contributed by atoms with Crippen molar-refractivity contribution in [1.29, 1.82) is 10.5 Å². The molecule has 0 N–H and O–H groups in total. The summed E-state index contributed by atoms with van der Waals surface area (Å²) in [6.45, 7) is 9.81. The van der Waals surface area contributed by atoms with Gasteiger partial charge in [0.25, 0.3) is 0 Å². The van der Waals surface area contributed by atoms with E-state index < -0.39 is 27.1 Å². The zero-order chi connectivity index (χ0) is 44.2. The lowest BCUT2D eigenvalue weighted by Gasteiger charge is -2.45. The molecule has 2 saturated carbocycles. The lowest BCUT2D eigenvalue weighted by molar-refractivity contribution is 0.0386. The Hall–Kier alpha value is -4.40. The fourth-order valence-corrected chi connectivity index (χ4v) is 11.9. The monoisotopic (exact) mass is 888 g/mol. The van der Waals surface area contributed by atoms with Gasteiger partial charge in [-0.05, 0) is 117 Å². The van der Waals surface area contributed by atoms with Crippen molar-refractivity contribution >= 4 is 21.6 Å². The van der Waals surface area contributed by atoms with Gasteiger partial charge in [0, 0.05) is 84.0 Å². The molecule has 0 aromatic heterocycles. The van der Waals surface area contributed by atoms with E-state index in [2.05, 4.69) is 31.7 Å². The summed E-state index contributed by atoms with van der Waals surface area (Å²) in [4.78, 5) is 12.8. The number of nitriles is 2. The largest absolute Gasteiger partial charge is 0.497 e. The normalized spacial score (nSPS) is 21.0. The fourth-order valence-electron chi connectivity index (χ4n) is 9.82. The summed E-state index contributed by atoms with van der Waals surface area (Å²) in [7, 11) is 0.718. The van der Waals surface area contributed by atoms with E-state index in [1.165, 1.54) is 64.2 Å². The molecule has 4 aromatic rings. The molecule has 4 fully saturated rings. The average Bonchev–Trinajstić information content (AvgIpc) is 3.37. The van der Waals surface area contributed by atoms with Gasteiger partial charge in [0.1, 0.15) is 23.1 Å². The second-order valence-corrected chi connectivity index (χ2v) is 20.3. The summed E-state index contributed by atoms with van der Waals surface area (Å²) in [5.74, 6) is 1.49. The van der Waals surface area contributed by atoms with Crippen molar-refractivity contribution in [2.24, 2.45) is 0 Å². The molecule has 2 saturated heterocycles. The number of piperazine rings is 2. The summed E-state index contributed by atoms with van der Waals surface area (Å²) >= 11 is 0. The summed E-state index contributed by atoms with van der Waals surface area (Å²) < 4.78 is 36.2. The first-order valence-electron chi connectivity index (χ1n) is 22.8. The van der Waals surface area contributed by atoms with Crippen molar-refractivity contribution in [1.82, 2.24) is 19.6 Å². The van der Waals surface area contributed by atoms with Crippen molar-refractivity contribution in [3.63, 3.8) is 0 Å². The van der Waals surface area contributed by atoms with E-state index in [1.54, 1.807) is 14.2 Å². The lowest BCUT2D eigenvalue weighted by Crippen LogP contribution is -2.56. The molecule has 0 spiro atoms. The number of rotatable bonds is 12. The molecule has 0 bridgehead atoms. The number of hydrogen-bond acceptors (Lipinski definition) is 10. The molecule has 0 amide bonds. The molecule has 2 aliphatic carbocycles. The van der Waals surface area contributed by atoms with Crippen LogP contribution in [-0.4, -0.2) is 107 Å². The summed E-state index contributed by atoms with van der Waals surface area (Å²) in [6, 6.07) is 36.3. The van der Waals surface area contributed by atoms with E-state index in [4.69, 9.17) is 9.47 Å². The van der Waals surface area contributed by atoms with Crippen LogP contribution in [-0.2, 0) is 27.1 Å². The zero-order valence-corrected chi connectivity index (χ0v) is 39.0. The highest BCUT2D eigenvalue weighted by molar-refractivity contribution is 7.85. The molecule has 4 atom stereocenters. The highest BCUT2D eigenvalue weighted by Gasteiger charge is 2.37. The fraction of sp³-hybridized carbons (Fsp3) is 0.490. The number of benzene rings is 4. The molecule has 12 heteroatoms. The van der Waals surface area contributed by atoms with Crippen molar-refractivity contribution in [2.45, 2.75) is 114 Å². The van der Waals surface area contributed by atoms with Crippen LogP contribution >= 0.6 is 0 Å². The zero-order valence-electron chi connectivity index (χ0n) is 37.3. The molecule has 8 rings (SSSR count). The second-order valence-electron chi connectivity index (χ2n) is 17.4. The van der Waals surface area contributed by atoms with E-state index in [-0.39, 0.29) is 6.04 Å². The van der Waals surface area contributed by atoms with Gasteiger partial charge in [0.2, 0.25) is 0 Å². The SMILES string of the molecule is COc1ccc(S(=O)c2ccc(C(C#N)N3CCN(C4CCCCC4)CC3)cc2)cc1.COc1ccc(S(=O)c2ccc(C(C)(C#N)N3CCN(C4CCCCC4)CC3)cc2)cc1. The van der Waals surface area contributed by atoms with Crippen LogP contribution in [0.3, 0.4) is 0 Å². The Morgan fingerprint density at radius 2 is 0.937 bits per heavy atom. The molecule has 63 heavy (non-hydrogen) atoms. The topological polar surface area (TPSA) is 113 Å². The maximum atomic E-state index is 13.0. The van der Waals surface area contributed by atoms with E-state index in [1.807, 2.05) is 104 Å². The third kappa shape index (κ3) is 11.5. The Morgan fingerprint density at radius 1 is 0.556 bits per heavy atom.